The van der Waals surface area contributed by atoms with Gasteiger partial charge in [0.15, 0.2) is 11.6 Å². The molecule has 1 aliphatic heterocycles. The average Bonchev–Trinajstić information content (AvgIpc) is 3.69. The number of aromatic nitrogens is 3. The zero-order valence-corrected chi connectivity index (χ0v) is 30.4. The molecule has 258 valence electrons. The summed E-state index contributed by atoms with van der Waals surface area (Å²) in [5.74, 6) is 1.86. The second-order valence-electron chi connectivity index (χ2n) is 14.9. The number of hydrogen-bond donors (Lipinski definition) is 0. The summed E-state index contributed by atoms with van der Waals surface area (Å²) in [5.41, 5.74) is 14.5. The van der Waals surface area contributed by atoms with Crippen molar-refractivity contribution in [2.45, 2.75) is 24.7 Å². The Morgan fingerprint density at radius 2 is 1.02 bits per heavy atom. The lowest BCUT2D eigenvalue weighted by Gasteiger charge is -2.36. The lowest BCUT2D eigenvalue weighted by atomic mass is 9.69. The van der Waals surface area contributed by atoms with Gasteiger partial charge in [-0.05, 0) is 67.8 Å². The van der Waals surface area contributed by atoms with E-state index < -0.39 is 10.8 Å². The summed E-state index contributed by atoms with van der Waals surface area (Å²) in [6.07, 6.45) is 8.52. The van der Waals surface area contributed by atoms with E-state index >= 15 is 0 Å². The SMILES string of the molecule is C=C1/C=C\C=C/CN(c2nc(-c3ccccc3)nc(-c3ccccc3)n2)c2cc3c(cc2C1(C)C)-c1ccccc1C31c2ccccc2-c2ccccc21. The van der Waals surface area contributed by atoms with E-state index in [0.29, 0.717) is 24.1 Å². The third kappa shape index (κ3) is 4.66. The van der Waals surface area contributed by atoms with Crippen LogP contribution in [0.5, 0.6) is 0 Å². The van der Waals surface area contributed by atoms with E-state index in [1.807, 2.05) is 36.4 Å². The fourth-order valence-corrected chi connectivity index (χ4v) is 8.85. The Hall–Kier alpha value is -6.65. The Morgan fingerprint density at radius 1 is 0.519 bits per heavy atom. The largest absolute Gasteiger partial charge is 0.306 e. The molecule has 2 heterocycles. The molecule has 0 amide bonds. The minimum absolute atomic E-state index is 0.433. The van der Waals surface area contributed by atoms with Gasteiger partial charge in [0.1, 0.15) is 0 Å². The van der Waals surface area contributed by atoms with Crippen molar-refractivity contribution in [3.05, 3.63) is 210 Å². The topological polar surface area (TPSA) is 41.9 Å². The first-order chi connectivity index (χ1) is 26.5. The molecule has 0 atom stereocenters. The summed E-state index contributed by atoms with van der Waals surface area (Å²) in [5, 5.41) is 0. The van der Waals surface area contributed by atoms with Gasteiger partial charge in [-0.2, -0.15) is 9.97 Å². The molecule has 4 heteroatoms. The minimum Gasteiger partial charge on any atom is -0.306 e. The molecule has 7 aromatic rings. The highest BCUT2D eigenvalue weighted by Crippen LogP contribution is 2.64. The number of hydrogen-bond acceptors (Lipinski definition) is 4. The normalized spacial score (nSPS) is 16.9. The number of rotatable bonds is 3. The Bertz CT molecular complexity index is 2580. The van der Waals surface area contributed by atoms with Gasteiger partial charge in [-0.1, -0.05) is 178 Å². The Balaban J connectivity index is 1.30. The highest BCUT2D eigenvalue weighted by atomic mass is 15.3. The standard InChI is InChI=1S/C50H38N4/c1-33-19-7-6-18-30-54(48-52-46(34-20-8-4-9-21-34)51-47(53-48)35-22-10-5-11-23-35)45-32-43-39(31-44(45)49(33,2)3)38-26-14-17-29-42(38)50(43)40-27-15-12-24-36(40)37-25-13-16-28-41(37)50/h4-29,31-32H,1,30H2,2-3H3/b18-6-,19-7-. The fraction of sp³-hybridized carbons (Fsp3) is 0.100. The molecule has 1 aromatic heterocycles. The quantitative estimate of drug-likeness (QED) is 0.185. The molecule has 0 saturated heterocycles. The van der Waals surface area contributed by atoms with Crippen molar-refractivity contribution in [2.75, 3.05) is 11.4 Å². The summed E-state index contributed by atoms with van der Waals surface area (Å²) < 4.78 is 0. The third-order valence-corrected chi connectivity index (χ3v) is 11.6. The number of benzene rings is 6. The molecule has 6 aromatic carbocycles. The lowest BCUT2D eigenvalue weighted by Crippen LogP contribution is -2.30. The fourth-order valence-electron chi connectivity index (χ4n) is 8.85. The number of allylic oxidation sites excluding steroid dienone is 4. The van der Waals surface area contributed by atoms with E-state index in [2.05, 4.69) is 159 Å². The van der Waals surface area contributed by atoms with E-state index in [9.17, 15) is 0 Å². The highest BCUT2D eigenvalue weighted by Gasteiger charge is 2.52. The van der Waals surface area contributed by atoms with Gasteiger partial charge >= 0.3 is 0 Å². The second kappa shape index (κ2) is 12.2. The Morgan fingerprint density at radius 3 is 1.57 bits per heavy atom. The zero-order valence-electron chi connectivity index (χ0n) is 30.4. The van der Waals surface area contributed by atoms with Crippen molar-refractivity contribution in [3.63, 3.8) is 0 Å². The van der Waals surface area contributed by atoms with Crippen LogP contribution in [-0.2, 0) is 10.8 Å². The first-order valence-electron chi connectivity index (χ1n) is 18.6. The van der Waals surface area contributed by atoms with Crippen LogP contribution >= 0.6 is 0 Å². The molecule has 1 spiro atoms. The first kappa shape index (κ1) is 32.0. The van der Waals surface area contributed by atoms with Crippen molar-refractivity contribution in [1.29, 1.82) is 0 Å². The zero-order chi connectivity index (χ0) is 36.4. The molecule has 0 unspecified atom stereocenters. The van der Waals surface area contributed by atoms with Gasteiger partial charge in [-0.25, -0.2) is 4.98 Å². The molecule has 4 nitrogen and oxygen atoms in total. The van der Waals surface area contributed by atoms with Gasteiger partial charge in [0.05, 0.1) is 5.41 Å². The molecule has 3 aliphatic rings. The average molecular weight is 695 g/mol. The summed E-state index contributed by atoms with van der Waals surface area (Å²) in [6.45, 7) is 9.75. The Kier molecular flexibility index (Phi) is 7.24. The van der Waals surface area contributed by atoms with Crippen molar-refractivity contribution in [3.8, 4) is 45.0 Å². The maximum atomic E-state index is 5.27. The van der Waals surface area contributed by atoms with Crippen molar-refractivity contribution < 1.29 is 0 Å². The lowest BCUT2D eigenvalue weighted by molar-refractivity contribution is 0.639. The third-order valence-electron chi connectivity index (χ3n) is 11.6. The summed E-state index contributed by atoms with van der Waals surface area (Å²) in [6, 6.07) is 52.2. The van der Waals surface area contributed by atoms with Gasteiger partial charge in [-0.3, -0.25) is 0 Å². The van der Waals surface area contributed by atoms with Crippen LogP contribution in [0, 0.1) is 0 Å². The molecule has 0 bridgehead atoms. The summed E-state index contributed by atoms with van der Waals surface area (Å²) >= 11 is 0. The van der Waals surface area contributed by atoms with Crippen LogP contribution in [-0.4, -0.2) is 21.5 Å². The molecule has 0 fully saturated rings. The molecule has 2 aliphatic carbocycles. The highest BCUT2D eigenvalue weighted by molar-refractivity contribution is 5.96. The van der Waals surface area contributed by atoms with Crippen molar-refractivity contribution in [1.82, 2.24) is 15.0 Å². The van der Waals surface area contributed by atoms with Crippen molar-refractivity contribution in [2.24, 2.45) is 0 Å². The molecule has 54 heavy (non-hydrogen) atoms. The molecule has 10 rings (SSSR count). The van der Waals surface area contributed by atoms with E-state index in [4.69, 9.17) is 15.0 Å². The van der Waals surface area contributed by atoms with Crippen LogP contribution in [0.25, 0.3) is 45.0 Å². The molecule has 0 saturated carbocycles. The second-order valence-corrected chi connectivity index (χ2v) is 14.9. The number of nitrogens with zero attached hydrogens (tertiary/aromatic N) is 4. The molecule has 0 N–H and O–H groups in total. The molecular weight excluding hydrogens is 657 g/mol. The van der Waals surface area contributed by atoms with Gasteiger partial charge in [0.2, 0.25) is 5.95 Å². The number of fused-ring (bicyclic) bond motifs is 11. The van der Waals surface area contributed by atoms with E-state index in [-0.39, 0.29) is 0 Å². The van der Waals surface area contributed by atoms with Gasteiger partial charge in [0.25, 0.3) is 0 Å². The summed E-state index contributed by atoms with van der Waals surface area (Å²) in [4.78, 5) is 17.9. The van der Waals surface area contributed by atoms with Crippen LogP contribution in [0.1, 0.15) is 41.7 Å². The monoisotopic (exact) mass is 694 g/mol. The van der Waals surface area contributed by atoms with E-state index in [1.165, 1.54) is 50.1 Å². The van der Waals surface area contributed by atoms with Crippen LogP contribution in [0.4, 0.5) is 11.6 Å². The predicted molar refractivity (Wildman–Crippen MR) is 221 cm³/mol. The maximum absolute atomic E-state index is 5.27. The van der Waals surface area contributed by atoms with E-state index in [0.717, 1.165) is 22.4 Å². The smallest absolute Gasteiger partial charge is 0.234 e. The predicted octanol–water partition coefficient (Wildman–Crippen LogP) is 11.6. The maximum Gasteiger partial charge on any atom is 0.234 e. The Labute approximate surface area is 316 Å². The van der Waals surface area contributed by atoms with Crippen LogP contribution in [0.15, 0.2) is 182 Å². The van der Waals surface area contributed by atoms with Gasteiger partial charge in [0, 0.05) is 28.8 Å². The van der Waals surface area contributed by atoms with Gasteiger partial charge < -0.3 is 4.90 Å². The van der Waals surface area contributed by atoms with Crippen LogP contribution < -0.4 is 4.90 Å². The minimum atomic E-state index is -0.491. The van der Waals surface area contributed by atoms with E-state index in [1.54, 1.807) is 0 Å². The van der Waals surface area contributed by atoms with Crippen LogP contribution in [0.2, 0.25) is 0 Å². The summed E-state index contributed by atoms with van der Waals surface area (Å²) in [7, 11) is 0. The van der Waals surface area contributed by atoms with Crippen LogP contribution in [0.3, 0.4) is 0 Å². The first-order valence-corrected chi connectivity index (χ1v) is 18.6. The van der Waals surface area contributed by atoms with Crippen molar-refractivity contribution >= 4 is 11.6 Å². The van der Waals surface area contributed by atoms with Gasteiger partial charge in [-0.15, -0.1) is 0 Å². The molecular formula is C50H38N4. The molecule has 0 radical (unpaired) electrons. The number of anilines is 2.